The normalized spacial score (nSPS) is 10.1. The summed E-state index contributed by atoms with van der Waals surface area (Å²) in [6.07, 6.45) is 0. The first-order chi connectivity index (χ1) is 9.47. The maximum Gasteiger partial charge on any atom is 0.269 e. The van der Waals surface area contributed by atoms with Crippen molar-refractivity contribution >= 4 is 17.3 Å². The monoisotopic (exact) mass is 272 g/mol. The number of nitro benzene ring substituents is 1. The number of amides is 1. The minimum absolute atomic E-state index is 0.0506. The van der Waals surface area contributed by atoms with Crippen molar-refractivity contribution in [3.05, 3.63) is 63.7 Å². The maximum atomic E-state index is 12.0. The fourth-order valence-corrected chi connectivity index (χ4v) is 1.67. The van der Waals surface area contributed by atoms with Crippen molar-refractivity contribution in [1.29, 1.82) is 0 Å². The quantitative estimate of drug-likeness (QED) is 0.663. The largest absolute Gasteiger partial charge is 0.508 e. The summed E-state index contributed by atoms with van der Waals surface area (Å²) >= 11 is 0. The van der Waals surface area contributed by atoms with Gasteiger partial charge >= 0.3 is 0 Å². The van der Waals surface area contributed by atoms with E-state index in [-0.39, 0.29) is 11.4 Å². The van der Waals surface area contributed by atoms with Gasteiger partial charge in [-0.2, -0.15) is 0 Å². The number of nitro groups is 1. The highest BCUT2D eigenvalue weighted by atomic mass is 16.6. The fourth-order valence-electron chi connectivity index (χ4n) is 1.67. The molecule has 2 rings (SSSR count). The van der Waals surface area contributed by atoms with Gasteiger partial charge in [-0.25, -0.2) is 0 Å². The van der Waals surface area contributed by atoms with Crippen molar-refractivity contribution in [3.63, 3.8) is 0 Å². The van der Waals surface area contributed by atoms with Gasteiger partial charge in [0.1, 0.15) is 5.75 Å². The molecule has 0 heterocycles. The van der Waals surface area contributed by atoms with Crippen LogP contribution >= 0.6 is 0 Å². The van der Waals surface area contributed by atoms with E-state index in [0.29, 0.717) is 11.3 Å². The molecule has 0 atom stereocenters. The Hall–Kier alpha value is -2.89. The van der Waals surface area contributed by atoms with Gasteiger partial charge in [-0.1, -0.05) is 6.07 Å². The van der Waals surface area contributed by atoms with Gasteiger partial charge in [0.05, 0.1) is 4.92 Å². The average Bonchev–Trinajstić information content (AvgIpc) is 2.43. The Bertz CT molecular complexity index is 665. The molecule has 102 valence electrons. The molecule has 0 aromatic heterocycles. The van der Waals surface area contributed by atoms with Crippen molar-refractivity contribution in [2.24, 2.45) is 0 Å². The molecule has 2 aromatic carbocycles. The van der Waals surface area contributed by atoms with Gasteiger partial charge in [-0.05, 0) is 30.7 Å². The number of nitrogens with zero attached hydrogens (tertiary/aromatic N) is 1. The van der Waals surface area contributed by atoms with E-state index in [0.717, 1.165) is 5.56 Å². The van der Waals surface area contributed by atoms with E-state index in [1.54, 1.807) is 13.0 Å². The molecular formula is C14H12N2O4. The number of anilines is 1. The molecule has 6 heteroatoms. The van der Waals surface area contributed by atoms with E-state index < -0.39 is 10.8 Å². The number of carbonyl (C=O) groups excluding carboxylic acids is 1. The Balaban J connectivity index is 2.19. The zero-order valence-electron chi connectivity index (χ0n) is 10.7. The topological polar surface area (TPSA) is 92.5 Å². The van der Waals surface area contributed by atoms with Crippen LogP contribution < -0.4 is 5.32 Å². The van der Waals surface area contributed by atoms with Gasteiger partial charge in [0.2, 0.25) is 0 Å². The number of hydrogen-bond donors (Lipinski definition) is 2. The summed E-state index contributed by atoms with van der Waals surface area (Å²) in [5, 5.41) is 22.6. The first-order valence-corrected chi connectivity index (χ1v) is 5.83. The van der Waals surface area contributed by atoms with E-state index in [1.165, 1.54) is 36.4 Å². The summed E-state index contributed by atoms with van der Waals surface area (Å²) in [5.74, 6) is -0.344. The number of aromatic hydroxyl groups is 1. The van der Waals surface area contributed by atoms with Gasteiger partial charge < -0.3 is 10.4 Å². The third-order valence-corrected chi connectivity index (χ3v) is 2.81. The lowest BCUT2D eigenvalue weighted by Crippen LogP contribution is -2.12. The van der Waals surface area contributed by atoms with Gasteiger partial charge in [0.25, 0.3) is 11.6 Å². The molecule has 20 heavy (non-hydrogen) atoms. The molecule has 0 aliphatic rings. The molecule has 0 spiro atoms. The SMILES string of the molecule is Cc1ccc(O)cc1NC(=O)c1ccc([N+](=O)[O-])cc1. The molecule has 0 radical (unpaired) electrons. The summed E-state index contributed by atoms with van der Waals surface area (Å²) < 4.78 is 0. The molecular weight excluding hydrogens is 260 g/mol. The van der Waals surface area contributed by atoms with Crippen LogP contribution in [0, 0.1) is 17.0 Å². The highest BCUT2D eigenvalue weighted by Gasteiger charge is 2.11. The summed E-state index contributed by atoms with van der Waals surface area (Å²) in [6.45, 7) is 1.80. The third kappa shape index (κ3) is 2.92. The Labute approximate surface area is 114 Å². The summed E-state index contributed by atoms with van der Waals surface area (Å²) in [4.78, 5) is 22.0. The van der Waals surface area contributed by atoms with Crippen LogP contribution in [0.3, 0.4) is 0 Å². The van der Waals surface area contributed by atoms with Crippen LogP contribution in [0.5, 0.6) is 5.75 Å². The predicted molar refractivity (Wildman–Crippen MR) is 73.9 cm³/mol. The summed E-state index contributed by atoms with van der Waals surface area (Å²) in [7, 11) is 0. The van der Waals surface area contributed by atoms with Crippen LogP contribution in [0.15, 0.2) is 42.5 Å². The number of non-ortho nitro benzene ring substituents is 1. The molecule has 0 saturated heterocycles. The highest BCUT2D eigenvalue weighted by Crippen LogP contribution is 2.21. The number of nitrogens with one attached hydrogen (secondary N) is 1. The predicted octanol–water partition coefficient (Wildman–Crippen LogP) is 2.86. The molecule has 0 aliphatic heterocycles. The first kappa shape index (κ1) is 13.5. The Morgan fingerprint density at radius 2 is 1.85 bits per heavy atom. The van der Waals surface area contributed by atoms with Crippen molar-refractivity contribution in [2.75, 3.05) is 5.32 Å². The lowest BCUT2D eigenvalue weighted by Gasteiger charge is -2.08. The molecule has 1 amide bonds. The first-order valence-electron chi connectivity index (χ1n) is 5.83. The molecule has 0 fully saturated rings. The Morgan fingerprint density at radius 1 is 1.20 bits per heavy atom. The van der Waals surface area contributed by atoms with E-state index in [4.69, 9.17) is 0 Å². The van der Waals surface area contributed by atoms with E-state index >= 15 is 0 Å². The van der Waals surface area contributed by atoms with Crippen LogP contribution in [0.25, 0.3) is 0 Å². The van der Waals surface area contributed by atoms with E-state index in [9.17, 15) is 20.0 Å². The molecule has 2 N–H and O–H groups in total. The zero-order valence-corrected chi connectivity index (χ0v) is 10.7. The van der Waals surface area contributed by atoms with Crippen LogP contribution in [-0.4, -0.2) is 15.9 Å². The van der Waals surface area contributed by atoms with Crippen molar-refractivity contribution < 1.29 is 14.8 Å². The minimum atomic E-state index is -0.527. The number of carbonyl (C=O) groups is 1. The Kier molecular flexibility index (Phi) is 3.65. The standard InChI is InChI=1S/C14H12N2O4/c1-9-2-7-12(17)8-13(9)15-14(18)10-3-5-11(6-4-10)16(19)20/h2-8,17H,1H3,(H,15,18). The fraction of sp³-hybridized carbons (Fsp3) is 0.0714. The van der Waals surface area contributed by atoms with Gasteiger partial charge in [-0.3, -0.25) is 14.9 Å². The smallest absolute Gasteiger partial charge is 0.269 e. The number of phenols is 1. The second-order valence-corrected chi connectivity index (χ2v) is 4.26. The minimum Gasteiger partial charge on any atom is -0.508 e. The number of hydrogen-bond acceptors (Lipinski definition) is 4. The van der Waals surface area contributed by atoms with Crippen LogP contribution in [-0.2, 0) is 0 Å². The molecule has 6 nitrogen and oxygen atoms in total. The van der Waals surface area contributed by atoms with Crippen LogP contribution in [0.1, 0.15) is 15.9 Å². The van der Waals surface area contributed by atoms with E-state index in [1.807, 2.05) is 0 Å². The summed E-state index contributed by atoms with van der Waals surface area (Å²) in [5.41, 5.74) is 1.53. The van der Waals surface area contributed by atoms with E-state index in [2.05, 4.69) is 5.32 Å². The zero-order chi connectivity index (χ0) is 14.7. The molecule has 2 aromatic rings. The summed E-state index contributed by atoms with van der Waals surface area (Å²) in [6, 6.07) is 9.95. The molecule has 0 saturated carbocycles. The lowest BCUT2D eigenvalue weighted by molar-refractivity contribution is -0.384. The van der Waals surface area contributed by atoms with Crippen LogP contribution in [0.4, 0.5) is 11.4 Å². The van der Waals surface area contributed by atoms with Crippen molar-refractivity contribution in [2.45, 2.75) is 6.92 Å². The maximum absolute atomic E-state index is 12.0. The van der Waals surface area contributed by atoms with Gasteiger partial charge in [0.15, 0.2) is 0 Å². The highest BCUT2D eigenvalue weighted by molar-refractivity contribution is 6.04. The van der Waals surface area contributed by atoms with Gasteiger partial charge in [-0.15, -0.1) is 0 Å². The molecule has 0 aliphatic carbocycles. The second kappa shape index (κ2) is 5.40. The molecule has 0 bridgehead atoms. The number of phenolic OH excluding ortho intramolecular Hbond substituents is 1. The second-order valence-electron chi connectivity index (χ2n) is 4.26. The van der Waals surface area contributed by atoms with Crippen molar-refractivity contribution in [1.82, 2.24) is 0 Å². The number of rotatable bonds is 3. The Morgan fingerprint density at radius 3 is 2.45 bits per heavy atom. The number of aryl methyl sites for hydroxylation is 1. The van der Waals surface area contributed by atoms with Gasteiger partial charge in [0, 0.05) is 29.4 Å². The van der Waals surface area contributed by atoms with Crippen molar-refractivity contribution in [3.8, 4) is 5.75 Å². The molecule has 0 unspecified atom stereocenters. The average molecular weight is 272 g/mol. The number of benzene rings is 2. The third-order valence-electron chi connectivity index (χ3n) is 2.81. The van der Waals surface area contributed by atoms with Crippen LogP contribution in [0.2, 0.25) is 0 Å². The lowest BCUT2D eigenvalue weighted by atomic mass is 10.1.